The highest BCUT2D eigenvalue weighted by Crippen LogP contribution is 2.24. The monoisotopic (exact) mass is 413 g/mol. The molecule has 0 unspecified atom stereocenters. The standard InChI is InChI=1S/C18H19N7O5/c1-18(2,3)11-7-12(19)25(24-11)16-21-15(22-17(30)23-16)20-10-5-8(13(26)27)4-9(6-10)14(28)29/h4-7H,19H2,1-3H3,(H,26,27)(H,28,29)(H2,20,21,22,23,30). The minimum absolute atomic E-state index is 0.0939. The fraction of sp³-hybridized carbons (Fsp3) is 0.222. The Labute approximate surface area is 169 Å². The summed E-state index contributed by atoms with van der Waals surface area (Å²) in [7, 11) is 0. The number of nitrogens with one attached hydrogen (secondary N) is 2. The number of carboxylic acid groups (broad SMARTS) is 2. The van der Waals surface area contributed by atoms with E-state index in [9.17, 15) is 24.6 Å². The molecule has 0 bridgehead atoms. The van der Waals surface area contributed by atoms with Crippen LogP contribution in [0.15, 0.2) is 29.1 Å². The minimum atomic E-state index is -1.31. The molecule has 12 nitrogen and oxygen atoms in total. The van der Waals surface area contributed by atoms with Crippen molar-refractivity contribution in [2.24, 2.45) is 0 Å². The third-order valence-corrected chi connectivity index (χ3v) is 4.02. The van der Waals surface area contributed by atoms with E-state index < -0.39 is 17.6 Å². The molecule has 30 heavy (non-hydrogen) atoms. The molecule has 2 heterocycles. The number of aromatic nitrogens is 5. The lowest BCUT2D eigenvalue weighted by Crippen LogP contribution is -2.20. The van der Waals surface area contributed by atoms with Gasteiger partial charge in [-0.05, 0) is 18.2 Å². The highest BCUT2D eigenvalue weighted by molar-refractivity contribution is 5.95. The Bertz CT molecular complexity index is 1170. The Morgan fingerprint density at radius 3 is 2.17 bits per heavy atom. The summed E-state index contributed by atoms with van der Waals surface area (Å²) < 4.78 is 1.21. The molecule has 0 aliphatic rings. The lowest BCUT2D eigenvalue weighted by atomic mass is 9.92. The van der Waals surface area contributed by atoms with Gasteiger partial charge >= 0.3 is 17.6 Å². The first-order valence-electron chi connectivity index (χ1n) is 8.67. The number of aromatic amines is 1. The molecule has 2 aromatic heterocycles. The average molecular weight is 413 g/mol. The van der Waals surface area contributed by atoms with Crippen LogP contribution in [0.4, 0.5) is 17.5 Å². The van der Waals surface area contributed by atoms with Gasteiger partial charge in [0.1, 0.15) is 5.82 Å². The summed E-state index contributed by atoms with van der Waals surface area (Å²) >= 11 is 0. The number of benzene rings is 1. The number of aromatic carboxylic acids is 2. The van der Waals surface area contributed by atoms with E-state index in [-0.39, 0.29) is 39.9 Å². The molecule has 3 rings (SSSR count). The van der Waals surface area contributed by atoms with Crippen LogP contribution in [0.1, 0.15) is 47.2 Å². The van der Waals surface area contributed by atoms with Crippen molar-refractivity contribution < 1.29 is 19.8 Å². The predicted octanol–water partition coefficient (Wildman–Crippen LogP) is 1.37. The van der Waals surface area contributed by atoms with Crippen molar-refractivity contribution in [2.45, 2.75) is 26.2 Å². The number of nitrogens with zero attached hydrogens (tertiary/aromatic N) is 4. The summed E-state index contributed by atoms with van der Waals surface area (Å²) in [5, 5.41) is 25.4. The molecule has 1 aromatic carbocycles. The Morgan fingerprint density at radius 1 is 1.07 bits per heavy atom. The smallest absolute Gasteiger partial charge is 0.351 e. The first-order chi connectivity index (χ1) is 13.9. The topological polar surface area (TPSA) is 189 Å². The fourth-order valence-corrected chi connectivity index (χ4v) is 2.53. The van der Waals surface area contributed by atoms with Crippen molar-refractivity contribution in [1.29, 1.82) is 0 Å². The van der Waals surface area contributed by atoms with E-state index in [1.54, 1.807) is 6.07 Å². The zero-order valence-electron chi connectivity index (χ0n) is 16.3. The van der Waals surface area contributed by atoms with E-state index >= 15 is 0 Å². The second kappa shape index (κ2) is 7.31. The normalized spacial score (nSPS) is 11.3. The molecule has 0 amide bonds. The molecule has 0 fully saturated rings. The largest absolute Gasteiger partial charge is 0.478 e. The molecule has 0 saturated heterocycles. The van der Waals surface area contributed by atoms with Crippen molar-refractivity contribution in [3.8, 4) is 5.95 Å². The van der Waals surface area contributed by atoms with Gasteiger partial charge in [0.15, 0.2) is 0 Å². The van der Waals surface area contributed by atoms with Gasteiger partial charge in [-0.1, -0.05) is 20.8 Å². The maximum Gasteiger partial charge on any atom is 0.351 e. The van der Waals surface area contributed by atoms with E-state index in [0.717, 1.165) is 6.07 Å². The highest BCUT2D eigenvalue weighted by Gasteiger charge is 2.21. The van der Waals surface area contributed by atoms with E-state index in [0.29, 0.717) is 5.69 Å². The van der Waals surface area contributed by atoms with Gasteiger partial charge in [0.2, 0.25) is 5.95 Å². The quantitative estimate of drug-likeness (QED) is 0.408. The minimum Gasteiger partial charge on any atom is -0.478 e. The fourth-order valence-electron chi connectivity index (χ4n) is 2.53. The van der Waals surface area contributed by atoms with Crippen LogP contribution < -0.4 is 16.7 Å². The van der Waals surface area contributed by atoms with Crippen molar-refractivity contribution in [3.63, 3.8) is 0 Å². The van der Waals surface area contributed by atoms with Gasteiger partial charge in [-0.2, -0.15) is 19.7 Å². The molecule has 12 heteroatoms. The summed E-state index contributed by atoms with van der Waals surface area (Å²) in [5.41, 5.74) is 5.19. The van der Waals surface area contributed by atoms with Crippen LogP contribution in [0.25, 0.3) is 5.95 Å². The molecule has 0 saturated carbocycles. The highest BCUT2D eigenvalue weighted by atomic mass is 16.4. The lowest BCUT2D eigenvalue weighted by Gasteiger charge is -2.14. The predicted molar refractivity (Wildman–Crippen MR) is 107 cm³/mol. The van der Waals surface area contributed by atoms with E-state index in [2.05, 4.69) is 25.4 Å². The number of nitrogen functional groups attached to an aromatic ring is 1. The number of rotatable bonds is 5. The molecular weight excluding hydrogens is 394 g/mol. The Hall–Kier alpha value is -4.22. The molecule has 0 spiro atoms. The lowest BCUT2D eigenvalue weighted by molar-refractivity contribution is 0.0696. The van der Waals surface area contributed by atoms with Crippen molar-refractivity contribution in [1.82, 2.24) is 24.7 Å². The van der Waals surface area contributed by atoms with Gasteiger partial charge in [-0.25, -0.2) is 14.4 Å². The van der Waals surface area contributed by atoms with Crippen LogP contribution in [-0.4, -0.2) is 46.9 Å². The number of carboxylic acids is 2. The summed E-state index contributed by atoms with van der Waals surface area (Å²) in [6, 6.07) is 5.07. The second-order valence-electron chi connectivity index (χ2n) is 7.45. The van der Waals surface area contributed by atoms with E-state index in [1.807, 2.05) is 20.8 Å². The summed E-state index contributed by atoms with van der Waals surface area (Å²) in [4.78, 5) is 44.8. The van der Waals surface area contributed by atoms with E-state index in [1.165, 1.54) is 16.8 Å². The number of anilines is 3. The van der Waals surface area contributed by atoms with Crippen molar-refractivity contribution >= 4 is 29.4 Å². The van der Waals surface area contributed by atoms with Crippen LogP contribution in [0.3, 0.4) is 0 Å². The SMILES string of the molecule is CC(C)(C)c1cc(N)n(-c2nc(Nc3cc(C(=O)O)cc(C(=O)O)c3)[nH]c(=O)n2)n1. The maximum absolute atomic E-state index is 12.0. The first-order valence-corrected chi connectivity index (χ1v) is 8.67. The zero-order valence-corrected chi connectivity index (χ0v) is 16.3. The van der Waals surface area contributed by atoms with E-state index in [4.69, 9.17) is 5.73 Å². The van der Waals surface area contributed by atoms with Crippen molar-refractivity contribution in [3.05, 3.63) is 51.6 Å². The number of hydrogen-bond acceptors (Lipinski definition) is 8. The molecule has 0 atom stereocenters. The van der Waals surface area contributed by atoms with Gasteiger partial charge in [-0.3, -0.25) is 4.98 Å². The van der Waals surface area contributed by atoms with Crippen LogP contribution in [0.5, 0.6) is 0 Å². The van der Waals surface area contributed by atoms with Gasteiger partial charge in [0, 0.05) is 17.2 Å². The molecule has 6 N–H and O–H groups in total. The molecule has 0 aliphatic carbocycles. The number of H-pyrrole nitrogens is 1. The van der Waals surface area contributed by atoms with Gasteiger partial charge < -0.3 is 21.3 Å². The maximum atomic E-state index is 12.0. The average Bonchev–Trinajstić information content (AvgIpc) is 3.03. The molecule has 3 aromatic rings. The number of hydrogen-bond donors (Lipinski definition) is 5. The third kappa shape index (κ3) is 4.27. The van der Waals surface area contributed by atoms with Gasteiger partial charge in [-0.15, -0.1) is 0 Å². The summed E-state index contributed by atoms with van der Waals surface area (Å²) in [6.07, 6.45) is 0. The molecular formula is C18H19N7O5. The second-order valence-corrected chi connectivity index (χ2v) is 7.45. The Kier molecular flexibility index (Phi) is 5.00. The van der Waals surface area contributed by atoms with Gasteiger partial charge in [0.05, 0.1) is 16.8 Å². The molecule has 0 radical (unpaired) electrons. The Balaban J connectivity index is 2.04. The molecule has 156 valence electrons. The molecule has 0 aliphatic heterocycles. The first kappa shape index (κ1) is 20.5. The van der Waals surface area contributed by atoms with Crippen LogP contribution in [0, 0.1) is 0 Å². The van der Waals surface area contributed by atoms with Crippen molar-refractivity contribution in [2.75, 3.05) is 11.1 Å². The summed E-state index contributed by atoms with van der Waals surface area (Å²) in [5.74, 6) is -2.61. The Morgan fingerprint density at radius 2 is 1.67 bits per heavy atom. The number of carbonyl (C=O) groups is 2. The zero-order chi connectivity index (χ0) is 22.2. The summed E-state index contributed by atoms with van der Waals surface area (Å²) in [6.45, 7) is 5.83. The van der Waals surface area contributed by atoms with Crippen LogP contribution in [0.2, 0.25) is 0 Å². The van der Waals surface area contributed by atoms with Gasteiger partial charge in [0.25, 0.3) is 5.95 Å². The third-order valence-electron chi connectivity index (χ3n) is 4.02. The number of nitrogens with two attached hydrogens (primary N) is 1. The van der Waals surface area contributed by atoms with Crippen LogP contribution >= 0.6 is 0 Å². The van der Waals surface area contributed by atoms with Crippen LogP contribution in [-0.2, 0) is 5.41 Å².